The number of fused-ring (bicyclic) bond motifs is 1. The highest BCUT2D eigenvalue weighted by Gasteiger charge is 2.24. The van der Waals surface area contributed by atoms with Gasteiger partial charge in [-0.15, -0.1) is 0 Å². The zero-order valence-electron chi connectivity index (χ0n) is 13.8. The number of anilines is 1. The molecular weight excluding hydrogens is 355 g/mol. The van der Waals surface area contributed by atoms with Crippen LogP contribution in [0.2, 0.25) is 5.02 Å². The van der Waals surface area contributed by atoms with E-state index in [2.05, 4.69) is 10.4 Å². The molecule has 132 valence electrons. The number of rotatable bonds is 2. The summed E-state index contributed by atoms with van der Waals surface area (Å²) in [5.74, 6) is -0.458. The van der Waals surface area contributed by atoms with Crippen molar-refractivity contribution in [3.8, 4) is 11.1 Å². The van der Waals surface area contributed by atoms with Crippen molar-refractivity contribution < 1.29 is 9.18 Å². The monoisotopic (exact) mass is 370 g/mol. The number of hydrogen-bond donors (Lipinski definition) is 1. The first kappa shape index (κ1) is 16.6. The van der Waals surface area contributed by atoms with Crippen LogP contribution in [-0.4, -0.2) is 27.3 Å². The molecule has 0 atom stereocenters. The Balaban J connectivity index is 1.57. The van der Waals surface area contributed by atoms with Gasteiger partial charge >= 0.3 is 6.03 Å². The van der Waals surface area contributed by atoms with Gasteiger partial charge in [-0.1, -0.05) is 35.9 Å². The first-order chi connectivity index (χ1) is 12.6. The second-order valence-electron chi connectivity index (χ2n) is 6.07. The molecule has 0 saturated heterocycles. The Morgan fingerprint density at radius 2 is 1.96 bits per heavy atom. The summed E-state index contributed by atoms with van der Waals surface area (Å²) in [5.41, 5.74) is 3.29. The molecular formula is C19H16ClFN4O. The number of benzene rings is 2. The van der Waals surface area contributed by atoms with Gasteiger partial charge in [-0.05, 0) is 29.8 Å². The third-order valence-electron chi connectivity index (χ3n) is 4.41. The van der Waals surface area contributed by atoms with Gasteiger partial charge in [-0.3, -0.25) is 4.68 Å². The van der Waals surface area contributed by atoms with Gasteiger partial charge in [0.15, 0.2) is 0 Å². The van der Waals surface area contributed by atoms with E-state index in [1.165, 1.54) is 6.07 Å². The number of halogens is 2. The number of nitrogens with zero attached hydrogens (tertiary/aromatic N) is 3. The smallest absolute Gasteiger partial charge is 0.317 e. The largest absolute Gasteiger partial charge is 0.322 e. The van der Waals surface area contributed by atoms with Crippen LogP contribution in [0.5, 0.6) is 0 Å². The number of hydrogen-bond acceptors (Lipinski definition) is 2. The van der Waals surface area contributed by atoms with Crippen LogP contribution in [-0.2, 0) is 13.1 Å². The Labute approximate surface area is 155 Å². The molecule has 0 spiro atoms. The molecule has 5 nitrogen and oxygen atoms in total. The maximum absolute atomic E-state index is 13.4. The summed E-state index contributed by atoms with van der Waals surface area (Å²) >= 11 is 5.91. The average Bonchev–Trinajstić information content (AvgIpc) is 3.08. The molecule has 0 unspecified atom stereocenters. The fourth-order valence-electron chi connectivity index (χ4n) is 3.05. The molecule has 7 heteroatoms. The molecule has 2 aromatic carbocycles. The fourth-order valence-corrected chi connectivity index (χ4v) is 3.23. The van der Waals surface area contributed by atoms with Crippen molar-refractivity contribution in [2.45, 2.75) is 13.1 Å². The lowest BCUT2D eigenvalue weighted by Crippen LogP contribution is -2.41. The maximum atomic E-state index is 13.4. The second-order valence-corrected chi connectivity index (χ2v) is 6.48. The van der Waals surface area contributed by atoms with Gasteiger partial charge in [0.25, 0.3) is 0 Å². The van der Waals surface area contributed by atoms with Crippen molar-refractivity contribution in [2.24, 2.45) is 0 Å². The zero-order valence-corrected chi connectivity index (χ0v) is 14.6. The lowest BCUT2D eigenvalue weighted by atomic mass is 10.1. The molecule has 26 heavy (non-hydrogen) atoms. The molecule has 1 N–H and O–H groups in total. The number of para-hydroxylation sites is 1. The van der Waals surface area contributed by atoms with E-state index >= 15 is 0 Å². The SMILES string of the molecule is O=C(Nc1ccccc1)N1CCn2ncc(-c3ccc(F)c(Cl)c3)c2C1. The lowest BCUT2D eigenvalue weighted by Gasteiger charge is -2.28. The molecule has 2 heterocycles. The van der Waals surface area contributed by atoms with Gasteiger partial charge in [0.05, 0.1) is 30.0 Å². The highest BCUT2D eigenvalue weighted by Crippen LogP contribution is 2.30. The van der Waals surface area contributed by atoms with Crippen LogP contribution in [0.3, 0.4) is 0 Å². The van der Waals surface area contributed by atoms with Gasteiger partial charge in [0.2, 0.25) is 0 Å². The van der Waals surface area contributed by atoms with Crippen LogP contribution >= 0.6 is 11.6 Å². The number of amides is 2. The van der Waals surface area contributed by atoms with Crippen molar-refractivity contribution in [3.05, 3.63) is 71.3 Å². The highest BCUT2D eigenvalue weighted by atomic mass is 35.5. The third-order valence-corrected chi connectivity index (χ3v) is 4.70. The summed E-state index contributed by atoms with van der Waals surface area (Å²) in [7, 11) is 0. The molecule has 3 aromatic rings. The zero-order chi connectivity index (χ0) is 18.1. The predicted octanol–water partition coefficient (Wildman–Crippen LogP) is 4.39. The standard InChI is InChI=1S/C19H16ClFN4O/c20-16-10-13(6-7-17(16)21)15-11-22-25-9-8-24(12-18(15)25)19(26)23-14-4-2-1-3-5-14/h1-7,10-11H,8-9,12H2,(H,23,26). The quantitative estimate of drug-likeness (QED) is 0.727. The summed E-state index contributed by atoms with van der Waals surface area (Å²) in [6, 6.07) is 13.8. The lowest BCUT2D eigenvalue weighted by molar-refractivity contribution is 0.194. The second kappa shape index (κ2) is 6.80. The molecule has 0 fully saturated rings. The van der Waals surface area contributed by atoms with Crippen molar-refractivity contribution in [1.82, 2.24) is 14.7 Å². The molecule has 2 amide bonds. The van der Waals surface area contributed by atoms with E-state index in [0.29, 0.717) is 19.6 Å². The van der Waals surface area contributed by atoms with Crippen molar-refractivity contribution in [1.29, 1.82) is 0 Å². The topological polar surface area (TPSA) is 50.2 Å². The van der Waals surface area contributed by atoms with Gasteiger partial charge in [0, 0.05) is 17.8 Å². The summed E-state index contributed by atoms with van der Waals surface area (Å²) in [6.45, 7) is 1.59. The Bertz CT molecular complexity index is 957. The predicted molar refractivity (Wildman–Crippen MR) is 98.5 cm³/mol. The Morgan fingerprint density at radius 1 is 1.15 bits per heavy atom. The van der Waals surface area contributed by atoms with E-state index < -0.39 is 5.82 Å². The van der Waals surface area contributed by atoms with Crippen LogP contribution in [0.1, 0.15) is 5.69 Å². The number of carbonyl (C=O) groups is 1. The minimum Gasteiger partial charge on any atom is -0.317 e. The summed E-state index contributed by atoms with van der Waals surface area (Å²) in [4.78, 5) is 14.3. The van der Waals surface area contributed by atoms with E-state index in [0.717, 1.165) is 22.5 Å². The summed E-state index contributed by atoms with van der Waals surface area (Å²) in [6.07, 6.45) is 1.73. The van der Waals surface area contributed by atoms with Gasteiger partial charge < -0.3 is 10.2 Å². The number of aromatic nitrogens is 2. The summed E-state index contributed by atoms with van der Waals surface area (Å²) in [5, 5.41) is 7.35. The minimum atomic E-state index is -0.458. The molecule has 1 aliphatic heterocycles. The first-order valence-electron chi connectivity index (χ1n) is 8.23. The summed E-state index contributed by atoms with van der Waals surface area (Å²) < 4.78 is 15.3. The van der Waals surface area contributed by atoms with Crippen molar-refractivity contribution in [2.75, 3.05) is 11.9 Å². The normalized spacial score (nSPS) is 13.4. The fraction of sp³-hybridized carbons (Fsp3) is 0.158. The molecule has 1 aromatic heterocycles. The molecule has 1 aliphatic rings. The molecule has 0 bridgehead atoms. The first-order valence-corrected chi connectivity index (χ1v) is 8.61. The van der Waals surface area contributed by atoms with E-state index in [1.807, 2.05) is 35.0 Å². The molecule has 0 radical (unpaired) electrons. The van der Waals surface area contributed by atoms with Crippen molar-refractivity contribution >= 4 is 23.3 Å². The Morgan fingerprint density at radius 3 is 2.73 bits per heavy atom. The Kier molecular flexibility index (Phi) is 4.34. The number of carbonyl (C=O) groups excluding carboxylic acids is 1. The van der Waals surface area contributed by atoms with Crippen LogP contribution < -0.4 is 5.32 Å². The van der Waals surface area contributed by atoms with E-state index in [9.17, 15) is 9.18 Å². The number of nitrogens with one attached hydrogen (secondary N) is 1. The minimum absolute atomic E-state index is 0.0666. The molecule has 0 saturated carbocycles. The van der Waals surface area contributed by atoms with Gasteiger partial charge in [-0.2, -0.15) is 5.10 Å². The van der Waals surface area contributed by atoms with Crippen molar-refractivity contribution in [3.63, 3.8) is 0 Å². The number of urea groups is 1. The van der Waals surface area contributed by atoms with Crippen LogP contribution in [0.4, 0.5) is 14.9 Å². The van der Waals surface area contributed by atoms with E-state index in [4.69, 9.17) is 11.6 Å². The van der Waals surface area contributed by atoms with Gasteiger partial charge in [0.1, 0.15) is 5.82 Å². The van der Waals surface area contributed by atoms with Crippen LogP contribution in [0.15, 0.2) is 54.7 Å². The van der Waals surface area contributed by atoms with E-state index in [1.54, 1.807) is 23.2 Å². The highest BCUT2D eigenvalue weighted by molar-refractivity contribution is 6.31. The Hall–Kier alpha value is -2.86. The third kappa shape index (κ3) is 3.15. The molecule has 0 aliphatic carbocycles. The van der Waals surface area contributed by atoms with Crippen LogP contribution in [0.25, 0.3) is 11.1 Å². The van der Waals surface area contributed by atoms with Gasteiger partial charge in [-0.25, -0.2) is 9.18 Å². The van der Waals surface area contributed by atoms with Crippen LogP contribution in [0, 0.1) is 5.82 Å². The maximum Gasteiger partial charge on any atom is 0.322 e. The van der Waals surface area contributed by atoms with E-state index in [-0.39, 0.29) is 11.1 Å². The molecule has 4 rings (SSSR count). The average molecular weight is 371 g/mol.